The molecule has 154 valence electrons. The average Bonchev–Trinajstić information content (AvgIpc) is 3.24. The van der Waals surface area contributed by atoms with Crippen molar-refractivity contribution in [1.82, 2.24) is 24.9 Å². The summed E-state index contributed by atoms with van der Waals surface area (Å²) in [5, 5.41) is 9.94. The van der Waals surface area contributed by atoms with E-state index in [0.717, 1.165) is 18.9 Å². The fourth-order valence-electron chi connectivity index (χ4n) is 2.91. The van der Waals surface area contributed by atoms with Crippen LogP contribution in [0.2, 0.25) is 0 Å². The van der Waals surface area contributed by atoms with Crippen molar-refractivity contribution in [3.05, 3.63) is 34.9 Å². The van der Waals surface area contributed by atoms with Crippen LogP contribution in [0.4, 0.5) is 22.0 Å². The highest BCUT2D eigenvalue weighted by Crippen LogP contribution is 2.42. The molecule has 2 heterocycles. The van der Waals surface area contributed by atoms with Gasteiger partial charge in [0.1, 0.15) is 12.2 Å². The van der Waals surface area contributed by atoms with Crippen molar-refractivity contribution in [2.75, 3.05) is 6.54 Å². The first kappa shape index (κ1) is 20.3. The molecular weight excluding hydrogens is 385 g/mol. The summed E-state index contributed by atoms with van der Waals surface area (Å²) in [6.07, 6.45) is -5.10. The van der Waals surface area contributed by atoms with E-state index in [0.29, 0.717) is 17.8 Å². The van der Waals surface area contributed by atoms with E-state index in [1.54, 1.807) is 6.92 Å². The lowest BCUT2D eigenvalue weighted by Crippen LogP contribution is -2.30. The predicted molar refractivity (Wildman–Crippen MR) is 88.8 cm³/mol. The fourth-order valence-corrected chi connectivity index (χ4v) is 2.91. The highest BCUT2D eigenvalue weighted by molar-refractivity contribution is 5.75. The Balaban J connectivity index is 1.49. The number of alkyl halides is 5. The van der Waals surface area contributed by atoms with Crippen LogP contribution >= 0.6 is 0 Å². The van der Waals surface area contributed by atoms with Gasteiger partial charge in [0, 0.05) is 30.4 Å². The lowest BCUT2D eigenvalue weighted by atomic mass is 10.2. The molecule has 0 atom stereocenters. The van der Waals surface area contributed by atoms with E-state index in [9.17, 15) is 26.7 Å². The number of carbonyl (C=O) groups is 1. The summed E-state index contributed by atoms with van der Waals surface area (Å²) >= 11 is 0. The second kappa shape index (κ2) is 7.88. The van der Waals surface area contributed by atoms with Crippen LogP contribution in [0.3, 0.4) is 0 Å². The molecule has 1 aliphatic rings. The van der Waals surface area contributed by atoms with Gasteiger partial charge >= 0.3 is 6.18 Å². The molecule has 0 spiro atoms. The molecule has 1 amide bonds. The van der Waals surface area contributed by atoms with Crippen LogP contribution in [0.25, 0.3) is 0 Å². The maximum absolute atomic E-state index is 12.9. The Morgan fingerprint density at radius 1 is 1.25 bits per heavy atom. The number of nitrogens with one attached hydrogen (secondary N) is 1. The molecule has 1 aliphatic carbocycles. The normalized spacial score (nSPS) is 14.7. The van der Waals surface area contributed by atoms with Crippen molar-refractivity contribution < 1.29 is 26.7 Å². The van der Waals surface area contributed by atoms with E-state index < -0.39 is 29.9 Å². The zero-order valence-electron chi connectivity index (χ0n) is 15.1. The molecule has 28 heavy (non-hydrogen) atoms. The third kappa shape index (κ3) is 4.87. The molecule has 6 nitrogen and oxygen atoms in total. The Morgan fingerprint density at radius 2 is 1.96 bits per heavy atom. The minimum atomic E-state index is -4.48. The van der Waals surface area contributed by atoms with Gasteiger partial charge in [0.2, 0.25) is 5.91 Å². The third-order valence-electron chi connectivity index (χ3n) is 4.48. The van der Waals surface area contributed by atoms with Gasteiger partial charge in [-0.05, 0) is 38.3 Å². The Labute approximate surface area is 157 Å². The minimum Gasteiger partial charge on any atom is -0.354 e. The SMILES string of the molecule is Cc1cc(C(F)F)nn1CC(=O)NCCCn1nc(C(F)(F)F)cc1C1CC1. The molecule has 1 saturated carbocycles. The number of halogens is 5. The van der Waals surface area contributed by atoms with Gasteiger partial charge in [-0.15, -0.1) is 0 Å². The molecule has 2 aromatic heterocycles. The first-order chi connectivity index (χ1) is 13.1. The number of rotatable bonds is 8. The summed E-state index contributed by atoms with van der Waals surface area (Å²) in [5.74, 6) is -0.295. The van der Waals surface area contributed by atoms with Gasteiger partial charge in [0.15, 0.2) is 5.69 Å². The summed E-state index contributed by atoms with van der Waals surface area (Å²) in [5.41, 5.74) is -0.277. The molecule has 0 saturated heterocycles. The minimum absolute atomic E-state index is 0.116. The number of aryl methyl sites for hydroxylation is 2. The third-order valence-corrected chi connectivity index (χ3v) is 4.48. The van der Waals surface area contributed by atoms with Crippen LogP contribution in [0.15, 0.2) is 12.1 Å². The van der Waals surface area contributed by atoms with Crippen LogP contribution in [-0.4, -0.2) is 32.0 Å². The van der Waals surface area contributed by atoms with E-state index in [4.69, 9.17) is 0 Å². The van der Waals surface area contributed by atoms with Crippen molar-refractivity contribution in [2.24, 2.45) is 0 Å². The quantitative estimate of drug-likeness (QED) is 0.541. The molecule has 0 bridgehead atoms. The number of hydrogen-bond acceptors (Lipinski definition) is 3. The zero-order chi connectivity index (χ0) is 20.5. The van der Waals surface area contributed by atoms with Gasteiger partial charge < -0.3 is 5.32 Å². The second-order valence-corrected chi connectivity index (χ2v) is 6.82. The van der Waals surface area contributed by atoms with Crippen LogP contribution in [0, 0.1) is 6.92 Å². The van der Waals surface area contributed by atoms with Crippen molar-refractivity contribution >= 4 is 5.91 Å². The largest absolute Gasteiger partial charge is 0.435 e. The van der Waals surface area contributed by atoms with Gasteiger partial charge in [-0.3, -0.25) is 14.2 Å². The van der Waals surface area contributed by atoms with Crippen molar-refractivity contribution in [3.8, 4) is 0 Å². The predicted octanol–water partition coefficient (Wildman–Crippen LogP) is 3.43. The average molecular weight is 405 g/mol. The van der Waals surface area contributed by atoms with E-state index >= 15 is 0 Å². The standard InChI is InChI=1S/C17H20F5N5O/c1-10-7-12(16(18)19)24-27(10)9-15(28)23-5-2-6-26-13(11-3-4-11)8-14(25-26)17(20,21)22/h7-8,11,16H,2-6,9H2,1H3,(H,23,28). The van der Waals surface area contributed by atoms with Crippen molar-refractivity contribution in [3.63, 3.8) is 0 Å². The van der Waals surface area contributed by atoms with Crippen molar-refractivity contribution in [2.45, 2.75) is 57.8 Å². The van der Waals surface area contributed by atoms with Crippen LogP contribution in [-0.2, 0) is 24.1 Å². The highest BCUT2D eigenvalue weighted by Gasteiger charge is 2.37. The molecule has 0 radical (unpaired) electrons. The summed E-state index contributed by atoms with van der Waals surface area (Å²) < 4.78 is 66.4. The molecule has 1 N–H and O–H groups in total. The zero-order valence-corrected chi connectivity index (χ0v) is 15.1. The molecular formula is C17H20F5N5O. The van der Waals surface area contributed by atoms with Gasteiger partial charge in [-0.25, -0.2) is 8.78 Å². The van der Waals surface area contributed by atoms with Gasteiger partial charge in [0.25, 0.3) is 6.43 Å². The Hall–Kier alpha value is -2.46. The van der Waals surface area contributed by atoms with E-state index in [1.807, 2.05) is 0 Å². The maximum Gasteiger partial charge on any atom is 0.435 e. The second-order valence-electron chi connectivity index (χ2n) is 6.82. The number of aromatic nitrogens is 4. The lowest BCUT2D eigenvalue weighted by Gasteiger charge is -2.09. The van der Waals surface area contributed by atoms with Crippen LogP contribution in [0.1, 0.15) is 54.4 Å². The molecule has 11 heteroatoms. The number of carbonyl (C=O) groups excluding carboxylic acids is 1. The first-order valence-electron chi connectivity index (χ1n) is 8.89. The molecule has 0 aromatic carbocycles. The van der Waals surface area contributed by atoms with E-state index in [2.05, 4.69) is 15.5 Å². The number of hydrogen-bond donors (Lipinski definition) is 1. The summed E-state index contributed by atoms with van der Waals surface area (Å²) in [7, 11) is 0. The monoisotopic (exact) mass is 405 g/mol. The molecule has 3 rings (SSSR count). The Bertz CT molecular complexity index is 838. The maximum atomic E-state index is 12.9. The highest BCUT2D eigenvalue weighted by atomic mass is 19.4. The number of nitrogens with zero attached hydrogens (tertiary/aromatic N) is 4. The van der Waals surface area contributed by atoms with Crippen LogP contribution < -0.4 is 5.32 Å². The van der Waals surface area contributed by atoms with Crippen molar-refractivity contribution in [1.29, 1.82) is 0 Å². The fraction of sp³-hybridized carbons (Fsp3) is 0.588. The Kier molecular flexibility index (Phi) is 5.71. The van der Waals surface area contributed by atoms with E-state index in [-0.39, 0.29) is 25.6 Å². The van der Waals surface area contributed by atoms with E-state index in [1.165, 1.54) is 15.4 Å². The molecule has 1 fully saturated rings. The lowest BCUT2D eigenvalue weighted by molar-refractivity contribution is -0.141. The van der Waals surface area contributed by atoms with Gasteiger partial charge in [-0.1, -0.05) is 0 Å². The summed E-state index contributed by atoms with van der Waals surface area (Å²) in [6.45, 7) is 1.85. The van der Waals surface area contributed by atoms with Gasteiger partial charge in [-0.2, -0.15) is 23.4 Å². The molecule has 0 aliphatic heterocycles. The number of amides is 1. The molecule has 0 unspecified atom stereocenters. The first-order valence-corrected chi connectivity index (χ1v) is 8.89. The smallest absolute Gasteiger partial charge is 0.354 e. The summed E-state index contributed by atoms with van der Waals surface area (Å²) in [6, 6.07) is 2.31. The van der Waals surface area contributed by atoms with Crippen LogP contribution in [0.5, 0.6) is 0 Å². The molecule has 2 aromatic rings. The van der Waals surface area contributed by atoms with Gasteiger partial charge in [0.05, 0.1) is 0 Å². The Morgan fingerprint density at radius 3 is 2.54 bits per heavy atom. The summed E-state index contributed by atoms with van der Waals surface area (Å²) in [4.78, 5) is 11.9. The topological polar surface area (TPSA) is 64.7 Å².